The molecule has 1 aliphatic heterocycles. The van der Waals surface area contributed by atoms with Crippen molar-refractivity contribution in [3.63, 3.8) is 0 Å². The number of hydrogen-bond acceptors (Lipinski definition) is 2. The molecule has 0 amide bonds. The van der Waals surface area contributed by atoms with Gasteiger partial charge in [-0.15, -0.1) is 11.6 Å². The number of piperidine rings is 1. The maximum atomic E-state index is 12.3. The standard InChI is InChI=1S/C11H20ClNO2S/c12-10-4-6-11(7-5-10)16(14,15)13-8-2-1-3-9-13/h10-11H,1-9H2. The van der Waals surface area contributed by atoms with Crippen LogP contribution in [0.3, 0.4) is 0 Å². The fraction of sp³-hybridized carbons (Fsp3) is 1.00. The first-order chi connectivity index (χ1) is 7.60. The summed E-state index contributed by atoms with van der Waals surface area (Å²) in [5.74, 6) is 0. The smallest absolute Gasteiger partial charge is 0.212 e. The lowest BCUT2D eigenvalue weighted by molar-refractivity contribution is 0.335. The molecule has 0 aromatic heterocycles. The minimum atomic E-state index is -3.03. The Hall–Kier alpha value is 0.200. The molecule has 2 rings (SSSR count). The number of hydrogen-bond donors (Lipinski definition) is 0. The average molecular weight is 266 g/mol. The van der Waals surface area contributed by atoms with Gasteiger partial charge in [-0.25, -0.2) is 12.7 Å². The highest BCUT2D eigenvalue weighted by Crippen LogP contribution is 2.30. The monoisotopic (exact) mass is 265 g/mol. The Bertz CT molecular complexity index is 317. The van der Waals surface area contributed by atoms with Crippen molar-refractivity contribution in [3.05, 3.63) is 0 Å². The van der Waals surface area contributed by atoms with E-state index in [0.29, 0.717) is 0 Å². The lowest BCUT2D eigenvalue weighted by Gasteiger charge is -2.32. The van der Waals surface area contributed by atoms with Crippen LogP contribution in [0, 0.1) is 0 Å². The van der Waals surface area contributed by atoms with Crippen LogP contribution < -0.4 is 0 Å². The van der Waals surface area contributed by atoms with E-state index in [0.717, 1.165) is 51.6 Å². The third-order valence-electron chi connectivity index (χ3n) is 3.70. The lowest BCUT2D eigenvalue weighted by atomic mass is 10.00. The van der Waals surface area contributed by atoms with Crippen LogP contribution in [0.1, 0.15) is 44.9 Å². The Kier molecular flexibility index (Phi) is 4.14. The minimum absolute atomic E-state index is 0.166. The van der Waals surface area contributed by atoms with Crippen molar-refractivity contribution in [2.75, 3.05) is 13.1 Å². The molecule has 0 aromatic carbocycles. The molecule has 0 atom stereocenters. The molecule has 1 heterocycles. The minimum Gasteiger partial charge on any atom is -0.212 e. The Morgan fingerprint density at radius 1 is 0.938 bits per heavy atom. The van der Waals surface area contributed by atoms with Crippen LogP contribution >= 0.6 is 11.6 Å². The molecule has 94 valence electrons. The zero-order valence-corrected chi connectivity index (χ0v) is 11.1. The summed E-state index contributed by atoms with van der Waals surface area (Å²) in [6.45, 7) is 1.45. The summed E-state index contributed by atoms with van der Waals surface area (Å²) < 4.78 is 26.4. The van der Waals surface area contributed by atoms with Crippen molar-refractivity contribution < 1.29 is 8.42 Å². The van der Waals surface area contributed by atoms with Gasteiger partial charge in [-0.3, -0.25) is 0 Å². The molecule has 0 spiro atoms. The van der Waals surface area contributed by atoms with Gasteiger partial charge in [0.2, 0.25) is 10.0 Å². The van der Waals surface area contributed by atoms with Crippen LogP contribution in [-0.4, -0.2) is 36.4 Å². The maximum absolute atomic E-state index is 12.3. The van der Waals surface area contributed by atoms with E-state index in [1.54, 1.807) is 4.31 Å². The molecule has 16 heavy (non-hydrogen) atoms. The van der Waals surface area contributed by atoms with Crippen molar-refractivity contribution in [2.45, 2.75) is 55.6 Å². The van der Waals surface area contributed by atoms with Crippen LogP contribution in [0.25, 0.3) is 0 Å². The van der Waals surface area contributed by atoms with Crippen molar-refractivity contribution >= 4 is 21.6 Å². The second-order valence-corrected chi connectivity index (χ2v) is 7.71. The van der Waals surface area contributed by atoms with Crippen LogP contribution in [0.5, 0.6) is 0 Å². The second-order valence-electron chi connectivity index (χ2n) is 4.88. The van der Waals surface area contributed by atoms with Crippen LogP contribution in [-0.2, 0) is 10.0 Å². The van der Waals surface area contributed by atoms with Crippen molar-refractivity contribution in [1.82, 2.24) is 4.31 Å². The Balaban J connectivity index is 2.00. The third kappa shape index (κ3) is 2.71. The van der Waals surface area contributed by atoms with E-state index < -0.39 is 10.0 Å². The molecular weight excluding hydrogens is 246 g/mol. The number of rotatable bonds is 2. The van der Waals surface area contributed by atoms with Crippen molar-refractivity contribution in [1.29, 1.82) is 0 Å². The molecule has 3 nitrogen and oxygen atoms in total. The highest BCUT2D eigenvalue weighted by atomic mass is 35.5. The van der Waals surface area contributed by atoms with E-state index in [9.17, 15) is 8.42 Å². The van der Waals surface area contributed by atoms with Gasteiger partial charge in [-0.1, -0.05) is 6.42 Å². The molecule has 5 heteroatoms. The highest BCUT2D eigenvalue weighted by Gasteiger charge is 2.35. The van der Waals surface area contributed by atoms with Crippen molar-refractivity contribution in [3.8, 4) is 0 Å². The molecule has 1 aliphatic carbocycles. The quantitative estimate of drug-likeness (QED) is 0.719. The molecule has 0 bridgehead atoms. The van der Waals surface area contributed by atoms with E-state index in [-0.39, 0.29) is 10.6 Å². The van der Waals surface area contributed by atoms with Crippen LogP contribution in [0.4, 0.5) is 0 Å². The van der Waals surface area contributed by atoms with E-state index in [1.165, 1.54) is 6.42 Å². The van der Waals surface area contributed by atoms with Crippen molar-refractivity contribution in [2.24, 2.45) is 0 Å². The first-order valence-corrected chi connectivity index (χ1v) is 8.17. The van der Waals surface area contributed by atoms with Crippen LogP contribution in [0.2, 0.25) is 0 Å². The summed E-state index contributed by atoms with van der Waals surface area (Å²) in [6, 6.07) is 0. The molecule has 0 radical (unpaired) electrons. The number of sulfonamides is 1. The largest absolute Gasteiger partial charge is 0.216 e. The zero-order valence-electron chi connectivity index (χ0n) is 9.57. The Morgan fingerprint density at radius 2 is 1.50 bits per heavy atom. The summed E-state index contributed by atoms with van der Waals surface area (Å²) in [7, 11) is -3.03. The maximum Gasteiger partial charge on any atom is 0.216 e. The van der Waals surface area contributed by atoms with Gasteiger partial charge < -0.3 is 0 Å². The Labute approximate surface area is 103 Å². The Morgan fingerprint density at radius 3 is 2.06 bits per heavy atom. The molecule has 0 N–H and O–H groups in total. The predicted molar refractivity (Wildman–Crippen MR) is 66.2 cm³/mol. The first kappa shape index (κ1) is 12.7. The van der Waals surface area contributed by atoms with E-state index in [4.69, 9.17) is 11.6 Å². The van der Waals surface area contributed by atoms with E-state index >= 15 is 0 Å². The summed E-state index contributed by atoms with van der Waals surface area (Å²) in [4.78, 5) is 0. The van der Waals surface area contributed by atoms with Gasteiger partial charge in [-0.05, 0) is 38.5 Å². The molecule has 1 saturated heterocycles. The SMILES string of the molecule is O=S(=O)(C1CCC(Cl)CC1)N1CCCCC1. The topological polar surface area (TPSA) is 37.4 Å². The van der Waals surface area contributed by atoms with Gasteiger partial charge in [0.05, 0.1) is 5.25 Å². The van der Waals surface area contributed by atoms with E-state index in [1.807, 2.05) is 0 Å². The summed E-state index contributed by atoms with van der Waals surface area (Å²) in [5, 5.41) is 0.0217. The number of nitrogens with zero attached hydrogens (tertiary/aromatic N) is 1. The number of halogens is 1. The van der Waals surface area contributed by atoms with Gasteiger partial charge in [0.15, 0.2) is 0 Å². The van der Waals surface area contributed by atoms with Gasteiger partial charge >= 0.3 is 0 Å². The van der Waals surface area contributed by atoms with Gasteiger partial charge in [0, 0.05) is 18.5 Å². The molecule has 2 fully saturated rings. The summed E-state index contributed by atoms with van der Waals surface area (Å²) >= 11 is 6.01. The van der Waals surface area contributed by atoms with Gasteiger partial charge in [0.25, 0.3) is 0 Å². The summed E-state index contributed by atoms with van der Waals surface area (Å²) in [5.41, 5.74) is 0. The number of alkyl halides is 1. The molecular formula is C11H20ClNO2S. The normalized spacial score (nSPS) is 33.8. The molecule has 0 aromatic rings. The fourth-order valence-electron chi connectivity index (χ4n) is 2.65. The molecule has 2 aliphatic rings. The highest BCUT2D eigenvalue weighted by molar-refractivity contribution is 7.89. The lowest BCUT2D eigenvalue weighted by Crippen LogP contribution is -2.43. The molecule has 1 saturated carbocycles. The van der Waals surface area contributed by atoms with Gasteiger partial charge in [0.1, 0.15) is 0 Å². The van der Waals surface area contributed by atoms with Gasteiger partial charge in [-0.2, -0.15) is 0 Å². The first-order valence-electron chi connectivity index (χ1n) is 6.24. The molecule has 0 unspecified atom stereocenters. The summed E-state index contributed by atoms with van der Waals surface area (Å²) in [6.07, 6.45) is 6.38. The van der Waals surface area contributed by atoms with Crippen LogP contribution in [0.15, 0.2) is 0 Å². The third-order valence-corrected chi connectivity index (χ3v) is 6.54. The van der Waals surface area contributed by atoms with E-state index in [2.05, 4.69) is 0 Å². The second kappa shape index (κ2) is 5.23. The predicted octanol–water partition coefficient (Wildman–Crippen LogP) is 2.35. The fourth-order valence-corrected chi connectivity index (χ4v) is 4.96. The zero-order chi connectivity index (χ0) is 11.6. The average Bonchev–Trinajstić information content (AvgIpc) is 2.31.